The van der Waals surface area contributed by atoms with Crippen LogP contribution in [0, 0.1) is 0 Å². The van der Waals surface area contributed by atoms with Crippen LogP contribution in [0.5, 0.6) is 0 Å². The van der Waals surface area contributed by atoms with Crippen molar-refractivity contribution in [2.24, 2.45) is 0 Å². The van der Waals surface area contributed by atoms with E-state index in [1.54, 1.807) is 7.11 Å². The van der Waals surface area contributed by atoms with Crippen LogP contribution < -0.4 is 0 Å². The Bertz CT molecular complexity index is 96.5. The maximum Gasteiger partial charge on any atom is 0.0934 e. The number of nitrogens with zero attached hydrogens (tertiary/aromatic N) is 1. The van der Waals surface area contributed by atoms with Crippen molar-refractivity contribution in [3.8, 4) is 0 Å². The standard InChI is InChI=1S/C9H21NO2/c1-5-6-12-9(8-11-4)7-10(2)3/h9H,5-8H2,1-4H3. The molecule has 0 radical (unpaired) electrons. The lowest BCUT2D eigenvalue weighted by Gasteiger charge is -2.20. The summed E-state index contributed by atoms with van der Waals surface area (Å²) in [5, 5.41) is 0. The number of hydrogen-bond acceptors (Lipinski definition) is 3. The maximum atomic E-state index is 5.58. The normalized spacial score (nSPS) is 13.8. The highest BCUT2D eigenvalue weighted by atomic mass is 16.5. The van der Waals surface area contributed by atoms with Crippen molar-refractivity contribution in [3.63, 3.8) is 0 Å². The summed E-state index contributed by atoms with van der Waals surface area (Å²) in [5.74, 6) is 0. The van der Waals surface area contributed by atoms with E-state index in [-0.39, 0.29) is 6.10 Å². The molecule has 1 unspecified atom stereocenters. The van der Waals surface area contributed by atoms with Crippen LogP contribution >= 0.6 is 0 Å². The highest BCUT2D eigenvalue weighted by molar-refractivity contribution is 4.59. The lowest BCUT2D eigenvalue weighted by atomic mass is 10.3. The second-order valence-electron chi connectivity index (χ2n) is 3.21. The van der Waals surface area contributed by atoms with Gasteiger partial charge >= 0.3 is 0 Å². The van der Waals surface area contributed by atoms with Crippen LogP contribution in [0.25, 0.3) is 0 Å². The van der Waals surface area contributed by atoms with Gasteiger partial charge in [-0.15, -0.1) is 0 Å². The molecule has 3 heteroatoms. The van der Waals surface area contributed by atoms with E-state index in [1.807, 2.05) is 14.1 Å². The third kappa shape index (κ3) is 6.58. The van der Waals surface area contributed by atoms with Crippen LogP contribution in [-0.4, -0.2) is 52.0 Å². The Labute approximate surface area is 75.6 Å². The zero-order valence-corrected chi connectivity index (χ0v) is 8.67. The summed E-state index contributed by atoms with van der Waals surface area (Å²) in [7, 11) is 5.79. The Morgan fingerprint density at radius 1 is 1.33 bits per heavy atom. The summed E-state index contributed by atoms with van der Waals surface area (Å²) in [4.78, 5) is 2.11. The van der Waals surface area contributed by atoms with Gasteiger partial charge in [-0.1, -0.05) is 6.92 Å². The van der Waals surface area contributed by atoms with Gasteiger partial charge in [0.05, 0.1) is 12.7 Å². The average Bonchev–Trinajstić information content (AvgIpc) is 2.00. The summed E-state index contributed by atoms with van der Waals surface area (Å²) in [5.41, 5.74) is 0. The molecule has 1 atom stereocenters. The maximum absolute atomic E-state index is 5.58. The van der Waals surface area contributed by atoms with Crippen molar-refractivity contribution in [2.75, 3.05) is 41.0 Å². The SMILES string of the molecule is CCCOC(COC)CN(C)C. The molecule has 74 valence electrons. The second kappa shape index (κ2) is 7.53. The van der Waals surface area contributed by atoms with E-state index in [0.717, 1.165) is 19.6 Å². The molecule has 0 N–H and O–H groups in total. The largest absolute Gasteiger partial charge is 0.382 e. The van der Waals surface area contributed by atoms with Gasteiger partial charge in [0.2, 0.25) is 0 Å². The molecule has 12 heavy (non-hydrogen) atoms. The van der Waals surface area contributed by atoms with E-state index in [2.05, 4.69) is 11.8 Å². The highest BCUT2D eigenvalue weighted by Gasteiger charge is 2.08. The molecule has 0 aliphatic rings. The molecule has 0 aliphatic carbocycles. The van der Waals surface area contributed by atoms with Crippen LogP contribution in [0.2, 0.25) is 0 Å². The summed E-state index contributed by atoms with van der Waals surface area (Å²) >= 11 is 0. The van der Waals surface area contributed by atoms with Crippen molar-refractivity contribution < 1.29 is 9.47 Å². The minimum absolute atomic E-state index is 0.213. The van der Waals surface area contributed by atoms with Gasteiger partial charge < -0.3 is 14.4 Å². The molecule has 0 bridgehead atoms. The third-order valence-corrected chi connectivity index (χ3v) is 1.48. The molecule has 0 aromatic rings. The molecule has 0 saturated carbocycles. The van der Waals surface area contributed by atoms with E-state index in [0.29, 0.717) is 6.61 Å². The molecule has 3 nitrogen and oxygen atoms in total. The van der Waals surface area contributed by atoms with Gasteiger partial charge in [-0.05, 0) is 20.5 Å². The molecule has 0 aromatic carbocycles. The van der Waals surface area contributed by atoms with Gasteiger partial charge in [0, 0.05) is 20.3 Å². The summed E-state index contributed by atoms with van der Waals surface area (Å²) in [6.07, 6.45) is 1.28. The molecule has 0 saturated heterocycles. The molecule has 0 heterocycles. The van der Waals surface area contributed by atoms with Crippen LogP contribution in [-0.2, 0) is 9.47 Å². The fraction of sp³-hybridized carbons (Fsp3) is 1.00. The molecule has 0 rings (SSSR count). The topological polar surface area (TPSA) is 21.7 Å². The van der Waals surface area contributed by atoms with Crippen molar-refractivity contribution >= 4 is 0 Å². The Balaban J connectivity index is 3.54. The molecule has 0 spiro atoms. The zero-order chi connectivity index (χ0) is 9.40. The quantitative estimate of drug-likeness (QED) is 0.576. The van der Waals surface area contributed by atoms with Crippen molar-refractivity contribution in [3.05, 3.63) is 0 Å². The first-order chi connectivity index (χ1) is 5.70. The molecule has 0 amide bonds. The van der Waals surface area contributed by atoms with Gasteiger partial charge in [-0.25, -0.2) is 0 Å². The first kappa shape index (κ1) is 11.9. The average molecular weight is 175 g/mol. The van der Waals surface area contributed by atoms with Gasteiger partial charge in [0.25, 0.3) is 0 Å². The predicted octanol–water partition coefficient (Wildman–Crippen LogP) is 0.990. The first-order valence-corrected chi connectivity index (χ1v) is 4.46. The Kier molecular flexibility index (Phi) is 7.45. The molecular formula is C9H21NO2. The van der Waals surface area contributed by atoms with E-state index < -0.39 is 0 Å². The molecule has 0 fully saturated rings. The number of ether oxygens (including phenoxy) is 2. The van der Waals surface area contributed by atoms with Crippen molar-refractivity contribution in [1.82, 2.24) is 4.90 Å². The minimum Gasteiger partial charge on any atom is -0.382 e. The lowest BCUT2D eigenvalue weighted by Crippen LogP contribution is -2.32. The Morgan fingerprint density at radius 3 is 2.42 bits per heavy atom. The number of rotatable bonds is 7. The van der Waals surface area contributed by atoms with Gasteiger partial charge in [-0.3, -0.25) is 0 Å². The van der Waals surface area contributed by atoms with Crippen LogP contribution in [0.15, 0.2) is 0 Å². The van der Waals surface area contributed by atoms with Crippen LogP contribution in [0.3, 0.4) is 0 Å². The van der Waals surface area contributed by atoms with Gasteiger partial charge in [-0.2, -0.15) is 0 Å². The zero-order valence-electron chi connectivity index (χ0n) is 8.67. The number of methoxy groups -OCH3 is 1. The minimum atomic E-state index is 0.213. The smallest absolute Gasteiger partial charge is 0.0934 e. The van der Waals surface area contributed by atoms with Crippen LogP contribution in [0.4, 0.5) is 0 Å². The van der Waals surface area contributed by atoms with E-state index in [1.165, 1.54) is 0 Å². The molecule has 0 aliphatic heterocycles. The van der Waals surface area contributed by atoms with Gasteiger partial charge in [0.15, 0.2) is 0 Å². The first-order valence-electron chi connectivity index (χ1n) is 4.46. The number of hydrogen-bond donors (Lipinski definition) is 0. The Morgan fingerprint density at radius 2 is 2.00 bits per heavy atom. The second-order valence-corrected chi connectivity index (χ2v) is 3.21. The highest BCUT2D eigenvalue weighted by Crippen LogP contribution is 1.96. The molecular weight excluding hydrogens is 154 g/mol. The third-order valence-electron chi connectivity index (χ3n) is 1.48. The van der Waals surface area contributed by atoms with Gasteiger partial charge in [0.1, 0.15) is 0 Å². The fourth-order valence-corrected chi connectivity index (χ4v) is 1.03. The summed E-state index contributed by atoms with van der Waals surface area (Å²) < 4.78 is 10.6. The van der Waals surface area contributed by atoms with E-state index in [9.17, 15) is 0 Å². The van der Waals surface area contributed by atoms with E-state index >= 15 is 0 Å². The number of likely N-dealkylation sites (N-methyl/N-ethyl adjacent to an activating group) is 1. The Hall–Kier alpha value is -0.120. The van der Waals surface area contributed by atoms with Crippen molar-refractivity contribution in [1.29, 1.82) is 0 Å². The summed E-state index contributed by atoms with van der Waals surface area (Å²) in [6.45, 7) is 4.54. The fourth-order valence-electron chi connectivity index (χ4n) is 1.03. The monoisotopic (exact) mass is 175 g/mol. The van der Waals surface area contributed by atoms with Crippen molar-refractivity contribution in [2.45, 2.75) is 19.4 Å². The lowest BCUT2D eigenvalue weighted by molar-refractivity contribution is -0.0135. The van der Waals surface area contributed by atoms with E-state index in [4.69, 9.17) is 9.47 Å². The summed E-state index contributed by atoms with van der Waals surface area (Å²) in [6, 6.07) is 0. The van der Waals surface area contributed by atoms with Crippen LogP contribution in [0.1, 0.15) is 13.3 Å². The molecule has 0 aromatic heterocycles. The predicted molar refractivity (Wildman–Crippen MR) is 50.5 cm³/mol.